The van der Waals surface area contributed by atoms with Crippen molar-refractivity contribution in [3.8, 4) is 6.07 Å². The quantitative estimate of drug-likeness (QED) is 0.830. The van der Waals surface area contributed by atoms with Gasteiger partial charge in [0.05, 0.1) is 23.3 Å². The molecule has 0 heterocycles. The number of aliphatic hydroxyl groups excluding tert-OH is 2. The molecule has 2 unspecified atom stereocenters. The first-order chi connectivity index (χ1) is 8.79. The highest BCUT2D eigenvalue weighted by atomic mass is 79.9. The molecule has 1 rings (SSSR count). The second-order valence-corrected chi connectivity index (χ2v) is 4.74. The van der Waals surface area contributed by atoms with Gasteiger partial charge in [0, 0.05) is 5.33 Å². The molecule has 7 heteroatoms. The van der Waals surface area contributed by atoms with E-state index in [9.17, 15) is 23.4 Å². The molecule has 1 aromatic carbocycles. The number of nitriles is 1. The van der Waals surface area contributed by atoms with Crippen LogP contribution in [0.1, 0.15) is 29.2 Å². The zero-order chi connectivity index (χ0) is 14.6. The fraction of sp³-hybridized carbons (Fsp3) is 0.417. The molecule has 0 aromatic heterocycles. The van der Waals surface area contributed by atoms with Crippen LogP contribution >= 0.6 is 15.9 Å². The molecule has 0 aliphatic heterocycles. The Balaban J connectivity index is 3.18. The van der Waals surface area contributed by atoms with E-state index >= 15 is 0 Å². The Bertz CT molecular complexity index is 485. The maximum Gasteiger partial charge on any atom is 0.416 e. The summed E-state index contributed by atoms with van der Waals surface area (Å²) in [6.07, 6.45) is -7.09. The third kappa shape index (κ3) is 4.20. The van der Waals surface area contributed by atoms with Crippen LogP contribution in [0.2, 0.25) is 0 Å². The van der Waals surface area contributed by atoms with Crippen LogP contribution in [0.25, 0.3) is 0 Å². The number of aliphatic hydroxyl groups is 2. The maximum atomic E-state index is 12.6. The lowest BCUT2D eigenvalue weighted by atomic mass is 9.98. The molecule has 0 spiro atoms. The topological polar surface area (TPSA) is 64.2 Å². The van der Waals surface area contributed by atoms with E-state index in [2.05, 4.69) is 15.9 Å². The summed E-state index contributed by atoms with van der Waals surface area (Å²) < 4.78 is 37.9. The highest BCUT2D eigenvalue weighted by molar-refractivity contribution is 9.09. The number of hydrogen-bond acceptors (Lipinski definition) is 3. The summed E-state index contributed by atoms with van der Waals surface area (Å²) in [6, 6.07) is 4.18. The Morgan fingerprint density at radius 1 is 1.26 bits per heavy atom. The van der Waals surface area contributed by atoms with E-state index in [1.807, 2.05) is 0 Å². The summed E-state index contributed by atoms with van der Waals surface area (Å²) in [4.78, 5) is 0. The molecule has 3 nitrogen and oxygen atoms in total. The second kappa shape index (κ2) is 6.37. The van der Waals surface area contributed by atoms with Crippen LogP contribution in [0.3, 0.4) is 0 Å². The van der Waals surface area contributed by atoms with Gasteiger partial charge in [-0.05, 0) is 30.2 Å². The molecule has 0 fully saturated rings. The molecule has 0 saturated heterocycles. The highest BCUT2D eigenvalue weighted by Crippen LogP contribution is 2.32. The van der Waals surface area contributed by atoms with Gasteiger partial charge < -0.3 is 10.2 Å². The van der Waals surface area contributed by atoms with Crippen molar-refractivity contribution in [2.24, 2.45) is 0 Å². The first kappa shape index (κ1) is 16.0. The molecule has 2 N–H and O–H groups in total. The van der Waals surface area contributed by atoms with Crippen LogP contribution < -0.4 is 0 Å². The normalized spacial score (nSPS) is 14.8. The molecule has 0 radical (unpaired) electrons. The molecule has 0 amide bonds. The first-order valence-corrected chi connectivity index (χ1v) is 6.46. The third-order valence-electron chi connectivity index (χ3n) is 2.52. The Morgan fingerprint density at radius 3 is 2.37 bits per heavy atom. The van der Waals surface area contributed by atoms with E-state index in [0.29, 0.717) is 11.4 Å². The van der Waals surface area contributed by atoms with E-state index in [-0.39, 0.29) is 17.5 Å². The molecular formula is C12H11BrF3NO2. The minimum Gasteiger partial charge on any atom is -0.390 e. The first-order valence-electron chi connectivity index (χ1n) is 5.34. The fourth-order valence-electron chi connectivity index (χ4n) is 1.54. The number of hydrogen-bond donors (Lipinski definition) is 2. The number of benzene rings is 1. The maximum absolute atomic E-state index is 12.6. The number of nitrogens with zero attached hydrogens (tertiary/aromatic N) is 1. The Morgan fingerprint density at radius 2 is 1.89 bits per heavy atom. The lowest BCUT2D eigenvalue weighted by molar-refractivity contribution is -0.137. The van der Waals surface area contributed by atoms with Crippen molar-refractivity contribution in [2.75, 3.05) is 5.33 Å². The average molecular weight is 338 g/mol. The molecule has 0 saturated carbocycles. The number of rotatable bonds is 4. The van der Waals surface area contributed by atoms with Crippen LogP contribution in [0.5, 0.6) is 0 Å². The van der Waals surface area contributed by atoms with Gasteiger partial charge in [-0.25, -0.2) is 0 Å². The summed E-state index contributed by atoms with van der Waals surface area (Å²) in [6.45, 7) is 0. The lowest BCUT2D eigenvalue weighted by Crippen LogP contribution is -2.19. The molecule has 0 aliphatic carbocycles. The van der Waals surface area contributed by atoms with Crippen molar-refractivity contribution in [2.45, 2.75) is 24.8 Å². The van der Waals surface area contributed by atoms with Crippen molar-refractivity contribution in [1.82, 2.24) is 0 Å². The molecule has 1 aromatic rings. The lowest BCUT2D eigenvalue weighted by Gasteiger charge is -2.19. The Kier molecular flexibility index (Phi) is 5.35. The smallest absolute Gasteiger partial charge is 0.390 e. The summed E-state index contributed by atoms with van der Waals surface area (Å²) >= 11 is 3.06. The van der Waals surface area contributed by atoms with Crippen LogP contribution in [0, 0.1) is 11.3 Å². The standard InChI is InChI=1S/C12H11BrF3NO2/c13-2-1-10(18)11(19)8-3-7(6-17)4-9(5-8)12(14,15)16/h3-5,10-11,18-19H,1-2H2. The van der Waals surface area contributed by atoms with Gasteiger partial charge in [0.1, 0.15) is 6.10 Å². The SMILES string of the molecule is N#Cc1cc(C(O)C(O)CCBr)cc(C(F)(F)F)c1. The van der Waals surface area contributed by atoms with Gasteiger partial charge in [-0.2, -0.15) is 18.4 Å². The summed E-state index contributed by atoms with van der Waals surface area (Å²) in [7, 11) is 0. The molecule has 0 aliphatic rings. The van der Waals surface area contributed by atoms with Gasteiger partial charge in [0.2, 0.25) is 0 Å². The van der Waals surface area contributed by atoms with E-state index in [4.69, 9.17) is 5.26 Å². The van der Waals surface area contributed by atoms with Gasteiger partial charge in [0.15, 0.2) is 0 Å². The summed E-state index contributed by atoms with van der Waals surface area (Å²) in [5, 5.41) is 28.5. The van der Waals surface area contributed by atoms with E-state index in [1.54, 1.807) is 6.07 Å². The minimum atomic E-state index is -4.61. The predicted octanol–water partition coefficient (Wildman–Crippen LogP) is 2.76. The van der Waals surface area contributed by atoms with Crippen molar-refractivity contribution in [1.29, 1.82) is 5.26 Å². The van der Waals surface area contributed by atoms with Crippen molar-refractivity contribution in [3.63, 3.8) is 0 Å². The molecule has 104 valence electrons. The molecule has 0 bridgehead atoms. The molecule has 2 atom stereocenters. The Hall–Kier alpha value is -1.10. The van der Waals surface area contributed by atoms with Crippen LogP contribution in [0.15, 0.2) is 18.2 Å². The summed E-state index contributed by atoms with van der Waals surface area (Å²) in [5.41, 5.74) is -1.36. The van der Waals surface area contributed by atoms with Gasteiger partial charge in [0.25, 0.3) is 0 Å². The van der Waals surface area contributed by atoms with E-state index < -0.39 is 23.9 Å². The summed E-state index contributed by atoms with van der Waals surface area (Å²) in [5.74, 6) is 0. The monoisotopic (exact) mass is 337 g/mol. The zero-order valence-corrected chi connectivity index (χ0v) is 11.2. The van der Waals surface area contributed by atoms with Crippen LogP contribution in [-0.4, -0.2) is 21.6 Å². The predicted molar refractivity (Wildman–Crippen MR) is 65.5 cm³/mol. The van der Waals surface area contributed by atoms with E-state index in [1.165, 1.54) is 0 Å². The van der Waals surface area contributed by atoms with Crippen molar-refractivity contribution >= 4 is 15.9 Å². The fourth-order valence-corrected chi connectivity index (χ4v) is 2.01. The minimum absolute atomic E-state index is 0.125. The van der Waals surface area contributed by atoms with Crippen molar-refractivity contribution < 1.29 is 23.4 Å². The van der Waals surface area contributed by atoms with Crippen molar-refractivity contribution in [3.05, 3.63) is 34.9 Å². The average Bonchev–Trinajstić information content (AvgIpc) is 2.36. The van der Waals surface area contributed by atoms with Gasteiger partial charge in [-0.1, -0.05) is 15.9 Å². The molecule has 19 heavy (non-hydrogen) atoms. The zero-order valence-electron chi connectivity index (χ0n) is 9.65. The van der Waals surface area contributed by atoms with Gasteiger partial charge >= 0.3 is 6.18 Å². The molecular weight excluding hydrogens is 327 g/mol. The number of alkyl halides is 4. The number of halogens is 4. The third-order valence-corrected chi connectivity index (χ3v) is 2.98. The Labute approximate surface area is 116 Å². The van der Waals surface area contributed by atoms with Gasteiger partial charge in [-0.15, -0.1) is 0 Å². The highest BCUT2D eigenvalue weighted by Gasteiger charge is 2.32. The van der Waals surface area contributed by atoms with E-state index in [0.717, 1.165) is 12.1 Å². The van der Waals surface area contributed by atoms with Gasteiger partial charge in [-0.3, -0.25) is 0 Å². The second-order valence-electron chi connectivity index (χ2n) is 3.94. The van der Waals surface area contributed by atoms with Crippen LogP contribution in [-0.2, 0) is 6.18 Å². The van der Waals surface area contributed by atoms with Crippen LogP contribution in [0.4, 0.5) is 13.2 Å². The largest absolute Gasteiger partial charge is 0.416 e.